The van der Waals surface area contributed by atoms with Crippen molar-refractivity contribution in [2.75, 3.05) is 24.7 Å². The molecule has 7 nitrogen and oxygen atoms in total. The molecule has 136 valence electrons. The van der Waals surface area contributed by atoms with Gasteiger partial charge < -0.3 is 19.7 Å². The van der Waals surface area contributed by atoms with Crippen LogP contribution in [0, 0.1) is 0 Å². The van der Waals surface area contributed by atoms with Crippen molar-refractivity contribution < 1.29 is 23.9 Å². The van der Waals surface area contributed by atoms with E-state index in [1.807, 2.05) is 19.9 Å². The van der Waals surface area contributed by atoms with E-state index in [1.165, 1.54) is 4.90 Å². The van der Waals surface area contributed by atoms with Gasteiger partial charge in [-0.05, 0) is 25.5 Å². The first-order valence-corrected chi connectivity index (χ1v) is 8.48. The second-order valence-corrected chi connectivity index (χ2v) is 5.97. The van der Waals surface area contributed by atoms with Gasteiger partial charge in [0.2, 0.25) is 0 Å². The summed E-state index contributed by atoms with van der Waals surface area (Å²) in [5, 5.41) is 2.76. The van der Waals surface area contributed by atoms with Gasteiger partial charge in [0.15, 0.2) is 13.2 Å². The lowest BCUT2D eigenvalue weighted by atomic mass is 10.2. The quantitative estimate of drug-likeness (QED) is 0.722. The predicted molar refractivity (Wildman–Crippen MR) is 92.4 cm³/mol. The number of hydrogen-bond donors (Lipinski definition) is 1. The molecule has 0 aliphatic carbocycles. The number of benzene rings is 1. The van der Waals surface area contributed by atoms with Gasteiger partial charge in [-0.1, -0.05) is 25.5 Å². The van der Waals surface area contributed by atoms with E-state index in [2.05, 4.69) is 5.32 Å². The Hall–Kier alpha value is -2.57. The van der Waals surface area contributed by atoms with Crippen molar-refractivity contribution in [2.45, 2.75) is 39.2 Å². The third-order valence-corrected chi connectivity index (χ3v) is 3.84. The van der Waals surface area contributed by atoms with Crippen LogP contribution in [0.4, 0.5) is 5.69 Å². The molecule has 1 N–H and O–H groups in total. The maximum Gasteiger partial charge on any atom is 0.308 e. The summed E-state index contributed by atoms with van der Waals surface area (Å²) in [6.07, 6.45) is 1.85. The Morgan fingerprint density at radius 3 is 2.88 bits per heavy atom. The second kappa shape index (κ2) is 9.05. The number of nitrogens with zero attached hydrogens (tertiary/aromatic N) is 1. The highest BCUT2D eigenvalue weighted by Crippen LogP contribution is 2.31. The molecular weight excluding hydrogens is 324 g/mol. The second-order valence-electron chi connectivity index (χ2n) is 5.97. The molecule has 1 aromatic carbocycles. The molecule has 1 aliphatic heterocycles. The third kappa shape index (κ3) is 5.48. The number of fused-ring (bicyclic) bond motifs is 1. The van der Waals surface area contributed by atoms with Gasteiger partial charge in [0.05, 0.1) is 12.1 Å². The number of esters is 1. The highest BCUT2D eigenvalue weighted by Gasteiger charge is 2.25. The van der Waals surface area contributed by atoms with E-state index in [0.29, 0.717) is 11.4 Å². The number of rotatable bonds is 8. The van der Waals surface area contributed by atoms with Gasteiger partial charge in [0, 0.05) is 12.6 Å². The first kappa shape index (κ1) is 18.8. The lowest BCUT2D eigenvalue weighted by Gasteiger charge is -2.28. The van der Waals surface area contributed by atoms with Crippen LogP contribution in [0.25, 0.3) is 0 Å². The zero-order chi connectivity index (χ0) is 18.2. The van der Waals surface area contributed by atoms with E-state index in [-0.39, 0.29) is 44.0 Å². The number of nitrogens with one attached hydrogen (secondary N) is 1. The van der Waals surface area contributed by atoms with Crippen molar-refractivity contribution in [1.82, 2.24) is 5.32 Å². The smallest absolute Gasteiger partial charge is 0.308 e. The number of anilines is 1. The van der Waals surface area contributed by atoms with E-state index in [4.69, 9.17) is 9.47 Å². The maximum absolute atomic E-state index is 12.0. The van der Waals surface area contributed by atoms with Crippen LogP contribution in [-0.4, -0.2) is 43.6 Å². The van der Waals surface area contributed by atoms with Gasteiger partial charge in [0.25, 0.3) is 11.8 Å². The lowest BCUT2D eigenvalue weighted by Crippen LogP contribution is -2.40. The molecule has 2 amide bonds. The number of carbonyl (C=O) groups excluding carboxylic acids is 3. The summed E-state index contributed by atoms with van der Waals surface area (Å²) in [6, 6.07) is 7.21. The molecule has 0 saturated carbocycles. The van der Waals surface area contributed by atoms with Crippen LogP contribution in [-0.2, 0) is 19.1 Å². The molecule has 0 spiro atoms. The summed E-state index contributed by atoms with van der Waals surface area (Å²) >= 11 is 0. The molecule has 1 aliphatic rings. The Morgan fingerprint density at radius 2 is 2.12 bits per heavy atom. The highest BCUT2D eigenvalue weighted by molar-refractivity contribution is 5.98. The van der Waals surface area contributed by atoms with Crippen LogP contribution in [0.3, 0.4) is 0 Å². The minimum atomic E-state index is -0.518. The molecule has 1 atom stereocenters. The van der Waals surface area contributed by atoms with Crippen LogP contribution in [0.5, 0.6) is 5.75 Å². The molecule has 0 bridgehead atoms. The van der Waals surface area contributed by atoms with Gasteiger partial charge in [-0.3, -0.25) is 14.4 Å². The Bertz CT molecular complexity index is 632. The highest BCUT2D eigenvalue weighted by atomic mass is 16.5. The summed E-state index contributed by atoms with van der Waals surface area (Å²) in [5.74, 6) is -0.436. The minimum absolute atomic E-state index is 0.0118. The molecule has 1 heterocycles. The topological polar surface area (TPSA) is 84.9 Å². The van der Waals surface area contributed by atoms with E-state index >= 15 is 0 Å². The van der Waals surface area contributed by atoms with Crippen molar-refractivity contribution in [3.05, 3.63) is 24.3 Å². The van der Waals surface area contributed by atoms with Crippen molar-refractivity contribution in [3.8, 4) is 5.75 Å². The molecule has 0 saturated heterocycles. The fourth-order valence-electron chi connectivity index (χ4n) is 2.64. The van der Waals surface area contributed by atoms with Crippen molar-refractivity contribution in [3.63, 3.8) is 0 Å². The summed E-state index contributed by atoms with van der Waals surface area (Å²) in [4.78, 5) is 37.0. The van der Waals surface area contributed by atoms with Crippen molar-refractivity contribution in [2.24, 2.45) is 0 Å². The standard InChI is InChI=1S/C18H24N2O5/c1-3-6-13(2)19-16(21)11-25-18(23)9-10-20-14-7-4-5-8-15(14)24-12-17(20)22/h4-5,7-8,13H,3,6,9-12H2,1-2H3,(H,19,21)/t13-/m0/s1. The molecule has 0 radical (unpaired) electrons. The molecule has 0 fully saturated rings. The average molecular weight is 348 g/mol. The van der Waals surface area contributed by atoms with Crippen molar-refractivity contribution in [1.29, 1.82) is 0 Å². The lowest BCUT2D eigenvalue weighted by molar-refractivity contribution is -0.148. The summed E-state index contributed by atoms with van der Waals surface area (Å²) in [7, 11) is 0. The van der Waals surface area contributed by atoms with Gasteiger partial charge in [0.1, 0.15) is 5.75 Å². The molecular formula is C18H24N2O5. The predicted octanol–water partition coefficient (Wildman–Crippen LogP) is 1.65. The third-order valence-electron chi connectivity index (χ3n) is 3.84. The number of carbonyl (C=O) groups is 3. The Labute approximate surface area is 147 Å². The summed E-state index contributed by atoms with van der Waals surface area (Å²) in [5.41, 5.74) is 0.637. The van der Waals surface area contributed by atoms with Gasteiger partial charge >= 0.3 is 5.97 Å². The van der Waals surface area contributed by atoms with Crippen LogP contribution >= 0.6 is 0 Å². The zero-order valence-corrected chi connectivity index (χ0v) is 14.6. The van der Waals surface area contributed by atoms with Crippen LogP contribution < -0.4 is 15.0 Å². The Balaban J connectivity index is 1.78. The SMILES string of the molecule is CCC[C@H](C)NC(=O)COC(=O)CCN1C(=O)COc2ccccc21. The number of hydrogen-bond acceptors (Lipinski definition) is 5. The van der Waals surface area contributed by atoms with E-state index in [0.717, 1.165) is 12.8 Å². The van der Waals surface area contributed by atoms with Gasteiger partial charge in [-0.15, -0.1) is 0 Å². The molecule has 0 unspecified atom stereocenters. The van der Waals surface area contributed by atoms with Crippen LogP contribution in [0.1, 0.15) is 33.1 Å². The molecule has 2 rings (SSSR count). The molecule has 7 heteroatoms. The van der Waals surface area contributed by atoms with E-state index < -0.39 is 5.97 Å². The Morgan fingerprint density at radius 1 is 1.36 bits per heavy atom. The zero-order valence-electron chi connectivity index (χ0n) is 14.6. The van der Waals surface area contributed by atoms with Crippen molar-refractivity contribution >= 4 is 23.5 Å². The Kier molecular flexibility index (Phi) is 6.80. The molecule has 1 aromatic rings. The fraction of sp³-hybridized carbons (Fsp3) is 0.500. The van der Waals surface area contributed by atoms with Crippen LogP contribution in [0.2, 0.25) is 0 Å². The summed E-state index contributed by atoms with van der Waals surface area (Å²) < 4.78 is 10.3. The minimum Gasteiger partial charge on any atom is -0.482 e. The normalized spacial score (nSPS) is 14.3. The number of ether oxygens (including phenoxy) is 2. The monoisotopic (exact) mass is 348 g/mol. The fourth-order valence-corrected chi connectivity index (χ4v) is 2.64. The van der Waals surface area contributed by atoms with E-state index in [9.17, 15) is 14.4 Å². The van der Waals surface area contributed by atoms with Gasteiger partial charge in [-0.2, -0.15) is 0 Å². The van der Waals surface area contributed by atoms with Gasteiger partial charge in [-0.25, -0.2) is 0 Å². The average Bonchev–Trinajstić information content (AvgIpc) is 2.59. The largest absolute Gasteiger partial charge is 0.482 e. The summed E-state index contributed by atoms with van der Waals surface area (Å²) in [6.45, 7) is 3.77. The van der Waals surface area contributed by atoms with E-state index in [1.54, 1.807) is 18.2 Å². The maximum atomic E-state index is 12.0. The first-order chi connectivity index (χ1) is 12.0. The van der Waals surface area contributed by atoms with Crippen LogP contribution in [0.15, 0.2) is 24.3 Å². The molecule has 25 heavy (non-hydrogen) atoms. The first-order valence-electron chi connectivity index (χ1n) is 8.48. The number of para-hydroxylation sites is 2. The number of amides is 2. The molecule has 0 aromatic heterocycles.